The fraction of sp³-hybridized carbons (Fsp3) is 0.375. The van der Waals surface area contributed by atoms with E-state index in [9.17, 15) is 15.2 Å². The van der Waals surface area contributed by atoms with Crippen molar-refractivity contribution in [1.82, 2.24) is 0 Å². The van der Waals surface area contributed by atoms with Gasteiger partial charge in [0.25, 0.3) is 0 Å². The molecule has 0 saturated carbocycles. The standard InChI is InChI=1S/C32H32FNO6/c1-32(2,37)13-3-4-19-5-6-20(17-34)28(14-19)40-26-12-10-25(33)31-24(26)9-11-27(31)39-22-7-8-23-21(15-30(35)36)18-38-29(23)16-22/h5-8,10,12,14,16,21,27,37H,3-4,9,11,13,15,18H2,1-2H3,(H,35,36)/t21-,27-/m1/s1. The maximum absolute atomic E-state index is 15.1. The summed E-state index contributed by atoms with van der Waals surface area (Å²) in [7, 11) is 0. The van der Waals surface area contributed by atoms with Crippen LogP contribution >= 0.6 is 0 Å². The second kappa shape index (κ2) is 11.2. The van der Waals surface area contributed by atoms with Gasteiger partial charge in [-0.3, -0.25) is 4.79 Å². The third-order valence-corrected chi connectivity index (χ3v) is 7.44. The molecule has 7 nitrogen and oxygen atoms in total. The van der Waals surface area contributed by atoms with Gasteiger partial charge in [-0.15, -0.1) is 0 Å². The highest BCUT2D eigenvalue weighted by molar-refractivity contribution is 5.69. The molecule has 0 spiro atoms. The molecule has 2 N–H and O–H groups in total. The van der Waals surface area contributed by atoms with Crippen LogP contribution in [0.15, 0.2) is 48.5 Å². The second-order valence-corrected chi connectivity index (χ2v) is 11.1. The number of ether oxygens (including phenoxy) is 3. The zero-order valence-electron chi connectivity index (χ0n) is 22.6. The van der Waals surface area contributed by atoms with Crippen LogP contribution in [0.5, 0.6) is 23.0 Å². The van der Waals surface area contributed by atoms with Crippen LogP contribution in [0.3, 0.4) is 0 Å². The van der Waals surface area contributed by atoms with Crippen molar-refractivity contribution >= 4 is 5.97 Å². The number of benzene rings is 3. The number of carbonyl (C=O) groups is 1. The minimum Gasteiger partial charge on any atom is -0.492 e. The molecule has 0 saturated heterocycles. The number of carboxylic acids is 1. The van der Waals surface area contributed by atoms with Crippen LogP contribution < -0.4 is 14.2 Å². The van der Waals surface area contributed by atoms with Crippen molar-refractivity contribution < 1.29 is 33.6 Å². The number of hydrogen-bond donors (Lipinski definition) is 2. The Kier molecular flexibility index (Phi) is 7.68. The average Bonchev–Trinajstić information content (AvgIpc) is 3.49. The van der Waals surface area contributed by atoms with Gasteiger partial charge in [0.2, 0.25) is 0 Å². The first kappa shape index (κ1) is 27.5. The number of aryl methyl sites for hydroxylation is 1. The highest BCUT2D eigenvalue weighted by atomic mass is 19.1. The maximum atomic E-state index is 15.1. The SMILES string of the molecule is CC(C)(O)CCCc1ccc(C#N)c(Oc2ccc(F)c3c2CC[C@H]3Oc2ccc3c(c2)OC[C@H]3CC(=O)O)c1. The number of rotatable bonds is 10. The molecule has 2 atom stereocenters. The highest BCUT2D eigenvalue weighted by Crippen LogP contribution is 2.44. The first-order chi connectivity index (χ1) is 19.1. The van der Waals surface area contributed by atoms with Gasteiger partial charge in [0, 0.05) is 28.7 Å². The summed E-state index contributed by atoms with van der Waals surface area (Å²) in [5.74, 6) is 0.537. The van der Waals surface area contributed by atoms with Gasteiger partial charge in [-0.1, -0.05) is 12.1 Å². The molecule has 3 aromatic carbocycles. The van der Waals surface area contributed by atoms with Crippen LogP contribution in [0, 0.1) is 17.1 Å². The van der Waals surface area contributed by atoms with Crippen LogP contribution in [-0.4, -0.2) is 28.4 Å². The van der Waals surface area contributed by atoms with Gasteiger partial charge >= 0.3 is 5.97 Å². The molecule has 0 unspecified atom stereocenters. The lowest BCUT2D eigenvalue weighted by Gasteiger charge is -2.18. The first-order valence-electron chi connectivity index (χ1n) is 13.5. The number of halogens is 1. The summed E-state index contributed by atoms with van der Waals surface area (Å²) < 4.78 is 33.2. The predicted molar refractivity (Wildman–Crippen MR) is 145 cm³/mol. The van der Waals surface area contributed by atoms with Gasteiger partial charge < -0.3 is 24.4 Å². The third kappa shape index (κ3) is 6.05. The maximum Gasteiger partial charge on any atom is 0.304 e. The molecule has 0 fully saturated rings. The molecular formula is C32H32FNO6. The van der Waals surface area contributed by atoms with Crippen molar-refractivity contribution in [2.45, 2.75) is 70.0 Å². The van der Waals surface area contributed by atoms with Gasteiger partial charge in [-0.25, -0.2) is 4.39 Å². The Morgan fingerprint density at radius 3 is 2.75 bits per heavy atom. The minimum absolute atomic E-state index is 0.00550. The molecule has 1 aliphatic heterocycles. The van der Waals surface area contributed by atoms with E-state index in [0.29, 0.717) is 65.6 Å². The first-order valence-corrected chi connectivity index (χ1v) is 13.5. The Balaban J connectivity index is 1.34. The molecule has 0 amide bonds. The molecule has 2 aliphatic rings. The number of nitriles is 1. The molecule has 0 radical (unpaired) electrons. The van der Waals surface area contributed by atoms with Crippen LogP contribution in [0.2, 0.25) is 0 Å². The summed E-state index contributed by atoms with van der Waals surface area (Å²) in [4.78, 5) is 11.1. The summed E-state index contributed by atoms with van der Waals surface area (Å²) in [6, 6.07) is 15.9. The Morgan fingerprint density at radius 1 is 1.18 bits per heavy atom. The lowest BCUT2D eigenvalue weighted by molar-refractivity contribution is -0.137. The smallest absolute Gasteiger partial charge is 0.304 e. The highest BCUT2D eigenvalue weighted by Gasteiger charge is 2.32. The van der Waals surface area contributed by atoms with Crippen molar-refractivity contribution in [3.63, 3.8) is 0 Å². The zero-order chi connectivity index (χ0) is 28.4. The van der Waals surface area contributed by atoms with E-state index in [4.69, 9.17) is 19.3 Å². The number of nitrogens with zero attached hydrogens (tertiary/aromatic N) is 1. The number of aliphatic hydroxyl groups is 1. The predicted octanol–water partition coefficient (Wildman–Crippen LogP) is 6.60. The van der Waals surface area contributed by atoms with Crippen LogP contribution in [0.25, 0.3) is 0 Å². The molecule has 0 bridgehead atoms. The van der Waals surface area contributed by atoms with Gasteiger partial charge in [0.15, 0.2) is 0 Å². The summed E-state index contributed by atoms with van der Waals surface area (Å²) in [5, 5.41) is 28.8. The second-order valence-electron chi connectivity index (χ2n) is 11.1. The monoisotopic (exact) mass is 545 g/mol. The summed E-state index contributed by atoms with van der Waals surface area (Å²) >= 11 is 0. The molecular weight excluding hydrogens is 513 g/mol. The van der Waals surface area contributed by atoms with E-state index in [2.05, 4.69) is 6.07 Å². The molecule has 208 valence electrons. The van der Waals surface area contributed by atoms with E-state index < -0.39 is 17.7 Å². The van der Waals surface area contributed by atoms with Crippen LogP contribution in [0.4, 0.5) is 4.39 Å². The van der Waals surface area contributed by atoms with Crippen molar-refractivity contribution in [3.05, 3.63) is 82.2 Å². The van der Waals surface area contributed by atoms with E-state index in [0.717, 1.165) is 24.0 Å². The Morgan fingerprint density at radius 2 is 2.00 bits per heavy atom. The normalized spacial score (nSPS) is 17.5. The molecule has 0 aromatic heterocycles. The van der Waals surface area contributed by atoms with E-state index >= 15 is 4.39 Å². The van der Waals surface area contributed by atoms with Gasteiger partial charge in [0.05, 0.1) is 24.2 Å². The number of aliphatic carboxylic acids is 1. The Labute approximate surface area is 232 Å². The summed E-state index contributed by atoms with van der Waals surface area (Å²) in [5.41, 5.74) is 2.60. The fourth-order valence-electron chi connectivity index (χ4n) is 5.47. The van der Waals surface area contributed by atoms with E-state index in [-0.39, 0.29) is 18.2 Å². The average molecular weight is 546 g/mol. The fourth-order valence-corrected chi connectivity index (χ4v) is 5.47. The van der Waals surface area contributed by atoms with Gasteiger partial charge in [-0.2, -0.15) is 5.26 Å². The van der Waals surface area contributed by atoms with E-state index in [1.807, 2.05) is 18.2 Å². The topological polar surface area (TPSA) is 109 Å². The molecule has 1 aliphatic carbocycles. The lowest BCUT2D eigenvalue weighted by Crippen LogP contribution is -2.18. The molecule has 1 heterocycles. The number of carboxylic acid groups (broad SMARTS) is 1. The number of hydrogen-bond acceptors (Lipinski definition) is 6. The van der Waals surface area contributed by atoms with Crippen LogP contribution in [0.1, 0.15) is 79.4 Å². The van der Waals surface area contributed by atoms with Crippen molar-refractivity contribution in [2.75, 3.05) is 6.61 Å². The van der Waals surface area contributed by atoms with Gasteiger partial charge in [-0.05, 0) is 81.8 Å². The summed E-state index contributed by atoms with van der Waals surface area (Å²) in [6.07, 6.45) is 2.72. The van der Waals surface area contributed by atoms with Gasteiger partial charge in [0.1, 0.15) is 41.0 Å². The Hall–Kier alpha value is -4.09. The zero-order valence-corrected chi connectivity index (χ0v) is 22.6. The van der Waals surface area contributed by atoms with Crippen LogP contribution in [-0.2, 0) is 17.6 Å². The van der Waals surface area contributed by atoms with Crippen molar-refractivity contribution in [3.8, 4) is 29.1 Å². The van der Waals surface area contributed by atoms with E-state index in [1.165, 1.54) is 6.07 Å². The number of fused-ring (bicyclic) bond motifs is 2. The van der Waals surface area contributed by atoms with Crippen molar-refractivity contribution in [1.29, 1.82) is 5.26 Å². The van der Waals surface area contributed by atoms with Crippen molar-refractivity contribution in [2.24, 2.45) is 0 Å². The third-order valence-electron chi connectivity index (χ3n) is 7.44. The quantitative estimate of drug-likeness (QED) is 0.295. The molecule has 8 heteroatoms. The largest absolute Gasteiger partial charge is 0.492 e. The lowest BCUT2D eigenvalue weighted by atomic mass is 9.98. The molecule has 40 heavy (non-hydrogen) atoms. The summed E-state index contributed by atoms with van der Waals surface area (Å²) in [6.45, 7) is 3.86. The van der Waals surface area contributed by atoms with E-state index in [1.54, 1.807) is 38.1 Å². The molecule has 3 aromatic rings. The Bertz CT molecular complexity index is 1470. The molecule has 5 rings (SSSR count). The minimum atomic E-state index is -0.878.